The molecule has 1 fully saturated rings. The van der Waals surface area contributed by atoms with Crippen molar-refractivity contribution in [2.24, 2.45) is 0 Å². The van der Waals surface area contributed by atoms with E-state index in [0.29, 0.717) is 12.1 Å². The number of ether oxygens (including phenoxy) is 1. The highest BCUT2D eigenvalue weighted by molar-refractivity contribution is 7.15. The zero-order valence-corrected chi connectivity index (χ0v) is 12.6. The Morgan fingerprint density at radius 3 is 3.21 bits per heavy atom. The Balaban J connectivity index is 1.80. The van der Waals surface area contributed by atoms with Crippen LogP contribution >= 0.6 is 11.3 Å². The standard InChI is InChI=1S/C14H23N3OS/c1-3-15-11-5-4-6-12-13(11)19-14(16-12)17-7-8-18-10(2)9-17/h10-11,15H,3-9H2,1-2H3. The average Bonchev–Trinajstić information content (AvgIpc) is 2.84. The number of morpholine rings is 1. The minimum Gasteiger partial charge on any atom is -0.375 e. The molecule has 0 bridgehead atoms. The zero-order valence-electron chi connectivity index (χ0n) is 11.8. The second-order valence-corrected chi connectivity index (χ2v) is 6.45. The topological polar surface area (TPSA) is 37.4 Å². The van der Waals surface area contributed by atoms with E-state index in [1.807, 2.05) is 11.3 Å². The van der Waals surface area contributed by atoms with Gasteiger partial charge in [0.15, 0.2) is 5.13 Å². The largest absolute Gasteiger partial charge is 0.375 e. The van der Waals surface area contributed by atoms with Crippen molar-refractivity contribution in [2.45, 2.75) is 45.3 Å². The first kappa shape index (κ1) is 13.3. The minimum absolute atomic E-state index is 0.319. The second kappa shape index (κ2) is 5.77. The molecule has 2 atom stereocenters. The van der Waals surface area contributed by atoms with Crippen molar-refractivity contribution in [3.63, 3.8) is 0 Å². The molecule has 1 aromatic heterocycles. The van der Waals surface area contributed by atoms with E-state index in [4.69, 9.17) is 9.72 Å². The number of aromatic nitrogens is 1. The lowest BCUT2D eigenvalue weighted by molar-refractivity contribution is 0.0532. The van der Waals surface area contributed by atoms with Gasteiger partial charge in [0, 0.05) is 24.0 Å². The minimum atomic E-state index is 0.319. The van der Waals surface area contributed by atoms with Gasteiger partial charge in [-0.1, -0.05) is 18.3 Å². The molecule has 1 aliphatic heterocycles. The van der Waals surface area contributed by atoms with Crippen LogP contribution in [0.4, 0.5) is 5.13 Å². The first-order valence-electron chi connectivity index (χ1n) is 7.37. The molecule has 1 N–H and O–H groups in total. The summed E-state index contributed by atoms with van der Waals surface area (Å²) < 4.78 is 5.61. The van der Waals surface area contributed by atoms with Crippen molar-refractivity contribution < 1.29 is 4.74 Å². The van der Waals surface area contributed by atoms with E-state index in [0.717, 1.165) is 32.7 Å². The fraction of sp³-hybridized carbons (Fsp3) is 0.786. The maximum atomic E-state index is 5.61. The van der Waals surface area contributed by atoms with Gasteiger partial charge in [-0.05, 0) is 32.7 Å². The van der Waals surface area contributed by atoms with Crippen LogP contribution in [-0.2, 0) is 11.2 Å². The summed E-state index contributed by atoms with van der Waals surface area (Å²) >= 11 is 1.89. The number of hydrogen-bond acceptors (Lipinski definition) is 5. The molecule has 2 unspecified atom stereocenters. The Hall–Kier alpha value is -0.650. The van der Waals surface area contributed by atoms with Crippen LogP contribution in [0.3, 0.4) is 0 Å². The molecule has 1 saturated heterocycles. The second-order valence-electron chi connectivity index (χ2n) is 5.44. The van der Waals surface area contributed by atoms with Crippen molar-refractivity contribution >= 4 is 16.5 Å². The van der Waals surface area contributed by atoms with Crippen LogP contribution in [-0.4, -0.2) is 37.3 Å². The molecule has 106 valence electrons. The third-order valence-corrected chi connectivity index (χ3v) is 5.17. The Labute approximate surface area is 119 Å². The highest BCUT2D eigenvalue weighted by atomic mass is 32.1. The highest BCUT2D eigenvalue weighted by Crippen LogP contribution is 2.37. The van der Waals surface area contributed by atoms with Crippen LogP contribution in [0, 0.1) is 0 Å². The Morgan fingerprint density at radius 1 is 1.53 bits per heavy atom. The lowest BCUT2D eigenvalue weighted by Gasteiger charge is -2.30. The molecule has 5 heteroatoms. The molecule has 4 nitrogen and oxygen atoms in total. The zero-order chi connectivity index (χ0) is 13.2. The molecule has 0 amide bonds. The monoisotopic (exact) mass is 281 g/mol. The average molecular weight is 281 g/mol. The number of thiazole rings is 1. The van der Waals surface area contributed by atoms with E-state index in [-0.39, 0.29) is 0 Å². The maximum absolute atomic E-state index is 5.61. The van der Waals surface area contributed by atoms with E-state index < -0.39 is 0 Å². The van der Waals surface area contributed by atoms with Crippen molar-refractivity contribution in [1.29, 1.82) is 0 Å². The summed E-state index contributed by atoms with van der Waals surface area (Å²) in [5.74, 6) is 0. The SMILES string of the molecule is CCNC1CCCc2nc(N3CCOC(C)C3)sc21. The number of aryl methyl sites for hydroxylation is 1. The molecule has 2 aliphatic rings. The third kappa shape index (κ3) is 2.78. The Bertz CT molecular complexity index is 434. The van der Waals surface area contributed by atoms with Gasteiger partial charge in [0.2, 0.25) is 0 Å². The summed E-state index contributed by atoms with van der Waals surface area (Å²) in [7, 11) is 0. The summed E-state index contributed by atoms with van der Waals surface area (Å²) in [6, 6.07) is 0.526. The fourth-order valence-electron chi connectivity index (χ4n) is 2.98. The summed E-state index contributed by atoms with van der Waals surface area (Å²) in [5, 5.41) is 4.79. The van der Waals surface area contributed by atoms with Gasteiger partial charge in [0.05, 0.1) is 18.4 Å². The first-order valence-corrected chi connectivity index (χ1v) is 8.19. The highest BCUT2D eigenvalue weighted by Gasteiger charge is 2.27. The number of nitrogens with zero attached hydrogens (tertiary/aromatic N) is 2. The van der Waals surface area contributed by atoms with Gasteiger partial charge in [-0.3, -0.25) is 0 Å². The predicted octanol–water partition coefficient (Wildman–Crippen LogP) is 2.36. The predicted molar refractivity (Wildman–Crippen MR) is 79.1 cm³/mol. The van der Waals surface area contributed by atoms with E-state index in [2.05, 4.69) is 24.1 Å². The molecule has 0 spiro atoms. The Kier molecular flexibility index (Phi) is 4.05. The van der Waals surface area contributed by atoms with Crippen molar-refractivity contribution in [3.05, 3.63) is 10.6 Å². The fourth-order valence-corrected chi connectivity index (χ4v) is 4.23. The van der Waals surface area contributed by atoms with Gasteiger partial charge >= 0.3 is 0 Å². The molecular formula is C14H23N3OS. The lowest BCUT2D eigenvalue weighted by Crippen LogP contribution is -2.41. The van der Waals surface area contributed by atoms with Gasteiger partial charge in [-0.25, -0.2) is 4.98 Å². The van der Waals surface area contributed by atoms with Crippen molar-refractivity contribution in [2.75, 3.05) is 31.1 Å². The molecule has 2 heterocycles. The molecule has 1 aliphatic carbocycles. The Morgan fingerprint density at radius 2 is 2.42 bits per heavy atom. The lowest BCUT2D eigenvalue weighted by atomic mass is 9.98. The quantitative estimate of drug-likeness (QED) is 0.923. The molecule has 0 saturated carbocycles. The van der Waals surface area contributed by atoms with E-state index in [1.54, 1.807) is 0 Å². The van der Waals surface area contributed by atoms with Gasteiger partial charge in [-0.2, -0.15) is 0 Å². The summed E-state index contributed by atoms with van der Waals surface area (Å²) in [5.41, 5.74) is 1.33. The van der Waals surface area contributed by atoms with Crippen LogP contribution < -0.4 is 10.2 Å². The van der Waals surface area contributed by atoms with Crippen LogP contribution in [0.2, 0.25) is 0 Å². The number of hydrogen-bond donors (Lipinski definition) is 1. The normalized spacial score (nSPS) is 27.4. The number of rotatable bonds is 3. The number of anilines is 1. The smallest absolute Gasteiger partial charge is 0.186 e. The maximum Gasteiger partial charge on any atom is 0.186 e. The molecule has 3 rings (SSSR count). The first-order chi connectivity index (χ1) is 9.28. The summed E-state index contributed by atoms with van der Waals surface area (Å²) in [6.07, 6.45) is 3.97. The molecule has 0 radical (unpaired) electrons. The van der Waals surface area contributed by atoms with Gasteiger partial charge in [0.1, 0.15) is 0 Å². The van der Waals surface area contributed by atoms with Crippen molar-refractivity contribution in [3.8, 4) is 0 Å². The van der Waals surface area contributed by atoms with E-state index in [1.165, 1.54) is 28.5 Å². The third-order valence-electron chi connectivity index (χ3n) is 3.90. The summed E-state index contributed by atoms with van der Waals surface area (Å²) in [4.78, 5) is 8.75. The van der Waals surface area contributed by atoms with Crippen LogP contribution in [0.15, 0.2) is 0 Å². The summed E-state index contributed by atoms with van der Waals surface area (Å²) in [6.45, 7) is 8.12. The van der Waals surface area contributed by atoms with Crippen LogP contribution in [0.1, 0.15) is 43.3 Å². The molecular weight excluding hydrogens is 258 g/mol. The van der Waals surface area contributed by atoms with E-state index >= 15 is 0 Å². The van der Waals surface area contributed by atoms with Crippen molar-refractivity contribution in [1.82, 2.24) is 10.3 Å². The van der Waals surface area contributed by atoms with Crippen LogP contribution in [0.5, 0.6) is 0 Å². The van der Waals surface area contributed by atoms with E-state index in [9.17, 15) is 0 Å². The molecule has 1 aromatic rings. The van der Waals surface area contributed by atoms with Crippen LogP contribution in [0.25, 0.3) is 0 Å². The molecule has 19 heavy (non-hydrogen) atoms. The number of nitrogens with one attached hydrogen (secondary N) is 1. The molecule has 0 aromatic carbocycles. The van der Waals surface area contributed by atoms with Gasteiger partial charge < -0.3 is 15.0 Å². The van der Waals surface area contributed by atoms with Gasteiger partial charge in [-0.15, -0.1) is 0 Å². The number of fused-ring (bicyclic) bond motifs is 1. The van der Waals surface area contributed by atoms with Gasteiger partial charge in [0.25, 0.3) is 0 Å².